The van der Waals surface area contributed by atoms with Crippen molar-refractivity contribution in [1.82, 2.24) is 19.9 Å². The molecular formula is C41H38N4Pt. The topological polar surface area (TPSA) is 51.6 Å². The first-order valence-corrected chi connectivity index (χ1v) is 15.6. The van der Waals surface area contributed by atoms with Crippen LogP contribution in [0.4, 0.5) is 0 Å². The summed E-state index contributed by atoms with van der Waals surface area (Å²) in [5, 5.41) is 0. The Morgan fingerprint density at radius 3 is 1.28 bits per heavy atom. The Hall–Kier alpha value is -4.27. The fourth-order valence-corrected chi connectivity index (χ4v) is 6.56. The van der Waals surface area contributed by atoms with Crippen LogP contribution >= 0.6 is 0 Å². The average Bonchev–Trinajstić information content (AvgIpc) is 3.35. The normalized spacial score (nSPS) is 13.4. The van der Waals surface area contributed by atoms with Crippen LogP contribution in [0.15, 0.2) is 122 Å². The van der Waals surface area contributed by atoms with Crippen LogP contribution in [-0.2, 0) is 37.3 Å². The van der Waals surface area contributed by atoms with Gasteiger partial charge < -0.3 is 0 Å². The van der Waals surface area contributed by atoms with Crippen LogP contribution in [0.5, 0.6) is 0 Å². The second-order valence-electron chi connectivity index (χ2n) is 14.0. The van der Waals surface area contributed by atoms with Gasteiger partial charge in [-0.1, -0.05) is 102 Å². The number of benzene rings is 2. The molecule has 4 heterocycles. The summed E-state index contributed by atoms with van der Waals surface area (Å²) in [6.45, 7) is 13.3. The third kappa shape index (κ3) is 5.33. The molecule has 0 amide bonds. The van der Waals surface area contributed by atoms with E-state index in [0.717, 1.165) is 34.2 Å². The van der Waals surface area contributed by atoms with E-state index < -0.39 is 5.41 Å². The zero-order valence-corrected chi connectivity index (χ0v) is 29.4. The van der Waals surface area contributed by atoms with E-state index in [1.807, 2.05) is 12.4 Å². The molecule has 232 valence electrons. The minimum atomic E-state index is -0.734. The smallest absolute Gasteiger partial charge is 0.106 e. The predicted molar refractivity (Wildman–Crippen MR) is 183 cm³/mol. The van der Waals surface area contributed by atoms with Crippen LogP contribution in [0.1, 0.15) is 75.2 Å². The predicted octanol–water partition coefficient (Wildman–Crippen LogP) is 9.56. The minimum Gasteiger partial charge on any atom is -0.255 e. The van der Waals surface area contributed by atoms with Crippen molar-refractivity contribution in [2.75, 3.05) is 0 Å². The fraction of sp³-hybridized carbons (Fsp3) is 0.220. The number of rotatable bonds is 4. The van der Waals surface area contributed by atoms with E-state index in [0.29, 0.717) is 0 Å². The van der Waals surface area contributed by atoms with Gasteiger partial charge in [-0.3, -0.25) is 9.97 Å². The molecule has 0 atom stereocenters. The average molecular weight is 782 g/mol. The maximum absolute atomic E-state index is 5.43. The Balaban J connectivity index is 0.00000372. The number of pyridine rings is 4. The molecule has 7 rings (SSSR count). The Morgan fingerprint density at radius 2 is 0.870 bits per heavy atom. The first-order chi connectivity index (χ1) is 21.6. The third-order valence-corrected chi connectivity index (χ3v) is 9.00. The molecule has 5 heteroatoms. The maximum Gasteiger partial charge on any atom is 0.106 e. The van der Waals surface area contributed by atoms with Gasteiger partial charge in [0.25, 0.3) is 0 Å². The summed E-state index contributed by atoms with van der Waals surface area (Å²) in [5.41, 5.74) is 11.7. The molecule has 1 aliphatic rings. The van der Waals surface area contributed by atoms with Crippen LogP contribution < -0.4 is 0 Å². The Bertz CT molecular complexity index is 1900. The molecule has 4 nitrogen and oxygen atoms in total. The van der Waals surface area contributed by atoms with Crippen molar-refractivity contribution in [3.8, 4) is 33.9 Å². The van der Waals surface area contributed by atoms with Crippen molar-refractivity contribution in [2.45, 2.75) is 57.8 Å². The molecule has 1 aliphatic carbocycles. The summed E-state index contributed by atoms with van der Waals surface area (Å²) >= 11 is 0. The second-order valence-corrected chi connectivity index (χ2v) is 14.0. The first kappa shape index (κ1) is 31.7. The van der Waals surface area contributed by atoms with Gasteiger partial charge in [0.15, 0.2) is 0 Å². The van der Waals surface area contributed by atoms with E-state index >= 15 is 0 Å². The summed E-state index contributed by atoms with van der Waals surface area (Å²) < 4.78 is 0. The number of aromatic nitrogens is 4. The van der Waals surface area contributed by atoms with Gasteiger partial charge in [-0.25, -0.2) is 9.97 Å². The SMILES string of the molecule is CC(C)(C)c1ccnc(-c2cccc(C3(c4cccc(-c5cc(C(C)(C)C)ccn5)n4)c4ccccc4-c4ccccc43)n2)c1.[Pt]. The van der Waals surface area contributed by atoms with E-state index in [4.69, 9.17) is 19.9 Å². The quantitative estimate of drug-likeness (QED) is 0.179. The molecule has 2 aromatic carbocycles. The van der Waals surface area contributed by atoms with Gasteiger partial charge in [0.2, 0.25) is 0 Å². The number of fused-ring (bicyclic) bond motifs is 3. The van der Waals surface area contributed by atoms with Gasteiger partial charge in [0, 0.05) is 33.5 Å². The van der Waals surface area contributed by atoms with Gasteiger partial charge in [-0.15, -0.1) is 0 Å². The molecule has 0 fully saturated rings. The van der Waals surface area contributed by atoms with Crippen molar-refractivity contribution in [2.24, 2.45) is 0 Å². The molecular weight excluding hydrogens is 744 g/mol. The molecule has 6 aromatic rings. The summed E-state index contributed by atoms with van der Waals surface area (Å²) in [5.74, 6) is 0. The van der Waals surface area contributed by atoms with E-state index in [2.05, 4.69) is 151 Å². The zero-order chi connectivity index (χ0) is 31.4. The standard InChI is InChI=1S/C41H38N4.Pt/c1-39(2,3)27-21-23-42-35(25-27)33-17-11-19-37(44-33)41(31-15-9-7-13-29(31)30-14-8-10-16-32(30)41)38-20-12-18-34(45-38)36-26-28(22-24-43-36)40(4,5)6;/h7-26H,1-6H3;. The van der Waals surface area contributed by atoms with E-state index in [9.17, 15) is 0 Å². The summed E-state index contributed by atoms with van der Waals surface area (Å²) in [7, 11) is 0. The monoisotopic (exact) mass is 781 g/mol. The Labute approximate surface area is 286 Å². The molecule has 0 unspecified atom stereocenters. The van der Waals surface area contributed by atoms with Crippen LogP contribution in [0, 0.1) is 0 Å². The largest absolute Gasteiger partial charge is 0.255 e. The minimum absolute atomic E-state index is 0. The van der Waals surface area contributed by atoms with Gasteiger partial charge in [-0.05, 0) is 92.7 Å². The van der Waals surface area contributed by atoms with E-state index in [1.54, 1.807) is 0 Å². The molecule has 0 radical (unpaired) electrons. The van der Waals surface area contributed by atoms with E-state index in [1.165, 1.54) is 33.4 Å². The van der Waals surface area contributed by atoms with Crippen molar-refractivity contribution in [3.05, 3.63) is 155 Å². The second kappa shape index (κ2) is 11.8. The third-order valence-electron chi connectivity index (χ3n) is 9.00. The van der Waals surface area contributed by atoms with Crippen molar-refractivity contribution < 1.29 is 21.1 Å². The van der Waals surface area contributed by atoms with Crippen LogP contribution in [-0.4, -0.2) is 19.9 Å². The zero-order valence-electron chi connectivity index (χ0n) is 27.2. The van der Waals surface area contributed by atoms with Gasteiger partial charge in [0.1, 0.15) is 5.41 Å². The summed E-state index contributed by atoms with van der Waals surface area (Å²) in [6, 6.07) is 38.5. The van der Waals surface area contributed by atoms with E-state index in [-0.39, 0.29) is 31.9 Å². The number of nitrogens with zero attached hydrogens (tertiary/aromatic N) is 4. The summed E-state index contributed by atoms with van der Waals surface area (Å²) in [6.07, 6.45) is 3.79. The number of hydrogen-bond acceptors (Lipinski definition) is 4. The molecule has 46 heavy (non-hydrogen) atoms. The van der Waals surface area contributed by atoms with Crippen molar-refractivity contribution in [3.63, 3.8) is 0 Å². The van der Waals surface area contributed by atoms with Crippen LogP contribution in [0.25, 0.3) is 33.9 Å². The summed E-state index contributed by atoms with van der Waals surface area (Å²) in [4.78, 5) is 20.4. The van der Waals surface area contributed by atoms with Crippen LogP contribution in [0.3, 0.4) is 0 Å². The fourth-order valence-electron chi connectivity index (χ4n) is 6.56. The molecule has 0 aliphatic heterocycles. The first-order valence-electron chi connectivity index (χ1n) is 15.6. The van der Waals surface area contributed by atoms with Crippen LogP contribution in [0.2, 0.25) is 0 Å². The molecule has 0 N–H and O–H groups in total. The molecule has 4 aromatic heterocycles. The van der Waals surface area contributed by atoms with Gasteiger partial charge in [-0.2, -0.15) is 0 Å². The van der Waals surface area contributed by atoms with Crippen molar-refractivity contribution >= 4 is 0 Å². The van der Waals surface area contributed by atoms with Gasteiger partial charge in [0.05, 0.1) is 34.2 Å². The molecule has 0 spiro atoms. The molecule has 0 saturated carbocycles. The Kier molecular flexibility index (Phi) is 8.15. The van der Waals surface area contributed by atoms with Crippen molar-refractivity contribution in [1.29, 1.82) is 0 Å². The molecule has 0 saturated heterocycles. The number of hydrogen-bond donors (Lipinski definition) is 0. The Morgan fingerprint density at radius 1 is 0.457 bits per heavy atom. The molecule has 0 bridgehead atoms. The maximum atomic E-state index is 5.43. The van der Waals surface area contributed by atoms with Gasteiger partial charge >= 0.3 is 0 Å².